The lowest BCUT2D eigenvalue weighted by Crippen LogP contribution is -2.67. The first kappa shape index (κ1) is 18.6. The summed E-state index contributed by atoms with van der Waals surface area (Å²) < 4.78 is 30.1. The first-order valence-corrected chi connectivity index (χ1v) is 10.0. The summed E-state index contributed by atoms with van der Waals surface area (Å²) in [6, 6.07) is 0.911. The number of ketones is 1. The SMILES string of the molecule is O=CC(=O)C1CCC(N2Cc3c(cc(F)c(N4CC5CC(C4)N5)c3F)C2=O)CN1. The molecule has 1 aromatic rings. The Morgan fingerprint density at radius 3 is 2.55 bits per heavy atom. The molecule has 5 heterocycles. The van der Waals surface area contributed by atoms with E-state index in [4.69, 9.17) is 0 Å². The first-order chi connectivity index (χ1) is 14.0. The molecule has 2 bridgehead atoms. The van der Waals surface area contributed by atoms with E-state index in [2.05, 4.69) is 10.6 Å². The van der Waals surface area contributed by atoms with Crippen LogP contribution in [0.5, 0.6) is 0 Å². The monoisotopic (exact) mass is 404 g/mol. The van der Waals surface area contributed by atoms with Gasteiger partial charge in [0.15, 0.2) is 12.1 Å². The zero-order valence-corrected chi connectivity index (χ0v) is 15.8. The third-order valence-corrected chi connectivity index (χ3v) is 6.64. The van der Waals surface area contributed by atoms with E-state index in [1.807, 2.05) is 0 Å². The van der Waals surface area contributed by atoms with Crippen LogP contribution in [-0.2, 0) is 16.1 Å². The summed E-state index contributed by atoms with van der Waals surface area (Å²) in [4.78, 5) is 38.3. The molecule has 0 saturated carbocycles. The van der Waals surface area contributed by atoms with Gasteiger partial charge in [-0.3, -0.25) is 14.4 Å². The van der Waals surface area contributed by atoms with Crippen LogP contribution in [0.25, 0.3) is 0 Å². The molecule has 6 rings (SSSR count). The third-order valence-electron chi connectivity index (χ3n) is 6.64. The van der Waals surface area contributed by atoms with Crippen LogP contribution in [0.3, 0.4) is 0 Å². The van der Waals surface area contributed by atoms with Crippen molar-refractivity contribution in [2.45, 2.75) is 50.0 Å². The van der Waals surface area contributed by atoms with Crippen LogP contribution in [-0.4, -0.2) is 66.7 Å². The second kappa shape index (κ2) is 6.84. The van der Waals surface area contributed by atoms with Gasteiger partial charge in [-0.05, 0) is 25.3 Å². The average molecular weight is 404 g/mol. The van der Waals surface area contributed by atoms with Gasteiger partial charge in [-0.1, -0.05) is 0 Å². The molecule has 4 unspecified atom stereocenters. The maximum Gasteiger partial charge on any atom is 0.255 e. The lowest BCUT2D eigenvalue weighted by atomic mass is 9.90. The normalized spacial score (nSPS) is 30.8. The molecule has 7 nitrogen and oxygen atoms in total. The predicted molar refractivity (Wildman–Crippen MR) is 99.7 cm³/mol. The smallest absolute Gasteiger partial charge is 0.255 e. The van der Waals surface area contributed by atoms with E-state index >= 15 is 4.39 Å². The number of amides is 1. The number of nitrogens with zero attached hydrogens (tertiary/aromatic N) is 2. The number of fused-ring (bicyclic) bond motifs is 3. The fourth-order valence-electron chi connectivity index (χ4n) is 5.10. The number of anilines is 1. The van der Waals surface area contributed by atoms with Gasteiger partial charge in [-0.25, -0.2) is 8.78 Å². The molecule has 4 fully saturated rings. The second-order valence-corrected chi connectivity index (χ2v) is 8.39. The Morgan fingerprint density at radius 2 is 1.93 bits per heavy atom. The molecule has 29 heavy (non-hydrogen) atoms. The number of aldehydes is 1. The fourth-order valence-corrected chi connectivity index (χ4v) is 5.10. The van der Waals surface area contributed by atoms with Gasteiger partial charge in [0.2, 0.25) is 5.78 Å². The summed E-state index contributed by atoms with van der Waals surface area (Å²) in [5.74, 6) is -2.24. The van der Waals surface area contributed by atoms with Crippen LogP contribution < -0.4 is 15.5 Å². The predicted octanol–water partition coefficient (Wildman–Crippen LogP) is 0.360. The van der Waals surface area contributed by atoms with E-state index in [0.29, 0.717) is 38.8 Å². The van der Waals surface area contributed by atoms with E-state index in [1.54, 1.807) is 9.80 Å². The minimum atomic E-state index is -0.698. The van der Waals surface area contributed by atoms with E-state index in [9.17, 15) is 18.8 Å². The minimum Gasteiger partial charge on any atom is -0.364 e. The van der Waals surface area contributed by atoms with Crippen molar-refractivity contribution in [1.29, 1.82) is 0 Å². The van der Waals surface area contributed by atoms with Gasteiger partial charge in [-0.15, -0.1) is 0 Å². The highest BCUT2D eigenvalue weighted by molar-refractivity contribution is 6.27. The molecule has 5 aliphatic rings. The first-order valence-electron chi connectivity index (χ1n) is 10.0. The highest BCUT2D eigenvalue weighted by Crippen LogP contribution is 2.37. The molecule has 154 valence electrons. The Bertz CT molecular complexity index is 884. The zero-order valence-electron chi connectivity index (χ0n) is 15.8. The number of rotatable bonds is 4. The number of piperazine rings is 1. The molecule has 5 aliphatic heterocycles. The number of Topliss-reactive ketones (excluding diaryl/α,β-unsaturated/α-hetero) is 1. The molecule has 2 N–H and O–H groups in total. The second-order valence-electron chi connectivity index (χ2n) is 8.39. The van der Waals surface area contributed by atoms with Crippen molar-refractivity contribution in [3.8, 4) is 0 Å². The number of carbonyl (C=O) groups excluding carboxylic acids is 3. The summed E-state index contributed by atoms with van der Waals surface area (Å²) >= 11 is 0. The van der Waals surface area contributed by atoms with Crippen LogP contribution >= 0.6 is 0 Å². The van der Waals surface area contributed by atoms with E-state index in [0.717, 1.165) is 6.42 Å². The lowest BCUT2D eigenvalue weighted by Gasteiger charge is -2.49. The number of halogens is 2. The molecule has 0 aromatic heterocycles. The van der Waals surface area contributed by atoms with Crippen molar-refractivity contribution in [3.05, 3.63) is 28.8 Å². The van der Waals surface area contributed by atoms with Gasteiger partial charge in [0.25, 0.3) is 5.91 Å². The van der Waals surface area contributed by atoms with Gasteiger partial charge in [0, 0.05) is 43.3 Å². The molecule has 9 heteroatoms. The van der Waals surface area contributed by atoms with Crippen LogP contribution in [0.1, 0.15) is 35.2 Å². The standard InChI is InChI=1S/C20H22F2N4O3/c21-15-4-13-14(18(22)19(15)25-6-10-3-11(7-25)24-10)8-26(20(13)29)12-1-2-16(23-5-12)17(28)9-27/h4,9-12,16,23-24H,1-3,5-8H2. The summed E-state index contributed by atoms with van der Waals surface area (Å²) in [6.45, 7) is 1.53. The highest BCUT2D eigenvalue weighted by atomic mass is 19.1. The number of piperidine rings is 2. The molecule has 4 atom stereocenters. The highest BCUT2D eigenvalue weighted by Gasteiger charge is 2.42. The maximum atomic E-state index is 15.3. The van der Waals surface area contributed by atoms with Crippen LogP contribution in [0.2, 0.25) is 0 Å². The number of hydrogen-bond acceptors (Lipinski definition) is 6. The summed E-state index contributed by atoms with van der Waals surface area (Å²) in [5.41, 5.74) is 0.285. The summed E-state index contributed by atoms with van der Waals surface area (Å²) in [5, 5.41) is 6.33. The largest absolute Gasteiger partial charge is 0.364 e. The lowest BCUT2D eigenvalue weighted by molar-refractivity contribution is -0.131. The number of carbonyl (C=O) groups is 3. The van der Waals surface area contributed by atoms with Crippen molar-refractivity contribution >= 4 is 23.7 Å². The molecular formula is C20H22F2N4O3. The Balaban J connectivity index is 1.36. The van der Waals surface area contributed by atoms with Crippen LogP contribution in [0, 0.1) is 11.6 Å². The number of benzene rings is 1. The Kier molecular flexibility index (Phi) is 4.40. The number of hydrogen-bond donors (Lipinski definition) is 2. The molecule has 1 aromatic carbocycles. The molecule has 0 radical (unpaired) electrons. The van der Waals surface area contributed by atoms with Crippen LogP contribution in [0.15, 0.2) is 6.07 Å². The Morgan fingerprint density at radius 1 is 1.21 bits per heavy atom. The molecular weight excluding hydrogens is 382 g/mol. The Labute approximate surface area is 166 Å². The van der Waals surface area contributed by atoms with E-state index < -0.39 is 23.5 Å². The maximum absolute atomic E-state index is 15.3. The minimum absolute atomic E-state index is 0.0342. The summed E-state index contributed by atoms with van der Waals surface area (Å²) in [7, 11) is 0. The molecule has 0 aliphatic carbocycles. The zero-order chi connectivity index (χ0) is 20.3. The van der Waals surface area contributed by atoms with Crippen molar-refractivity contribution in [2.75, 3.05) is 24.5 Å². The van der Waals surface area contributed by atoms with E-state index in [-0.39, 0.29) is 47.4 Å². The molecule has 1 amide bonds. The van der Waals surface area contributed by atoms with Gasteiger partial charge in [-0.2, -0.15) is 0 Å². The van der Waals surface area contributed by atoms with Crippen LogP contribution in [0.4, 0.5) is 14.5 Å². The van der Waals surface area contributed by atoms with Gasteiger partial charge >= 0.3 is 0 Å². The van der Waals surface area contributed by atoms with Gasteiger partial charge in [0.05, 0.1) is 18.2 Å². The van der Waals surface area contributed by atoms with Crippen molar-refractivity contribution in [1.82, 2.24) is 15.5 Å². The quantitative estimate of drug-likeness (QED) is 0.557. The topological polar surface area (TPSA) is 81.8 Å². The molecule has 0 spiro atoms. The summed E-state index contributed by atoms with van der Waals surface area (Å²) in [6.07, 6.45) is 2.27. The Hall–Kier alpha value is -2.39. The average Bonchev–Trinajstić information content (AvgIpc) is 3.04. The van der Waals surface area contributed by atoms with Crippen molar-refractivity contribution in [3.63, 3.8) is 0 Å². The van der Waals surface area contributed by atoms with Crippen molar-refractivity contribution < 1.29 is 23.2 Å². The van der Waals surface area contributed by atoms with E-state index in [1.165, 1.54) is 6.07 Å². The fraction of sp³-hybridized carbons (Fsp3) is 0.550. The van der Waals surface area contributed by atoms with Gasteiger partial charge in [0.1, 0.15) is 11.5 Å². The third kappa shape index (κ3) is 2.95. The number of nitrogens with one attached hydrogen (secondary N) is 2. The van der Waals surface area contributed by atoms with Crippen molar-refractivity contribution in [2.24, 2.45) is 0 Å². The molecule has 4 saturated heterocycles. The van der Waals surface area contributed by atoms with Gasteiger partial charge < -0.3 is 20.4 Å².